The summed E-state index contributed by atoms with van der Waals surface area (Å²) in [6.07, 6.45) is -1.01. The lowest BCUT2D eigenvalue weighted by molar-refractivity contribution is -0.138. The van der Waals surface area contributed by atoms with Crippen LogP contribution in [-0.2, 0) is 6.18 Å². The van der Waals surface area contributed by atoms with E-state index in [9.17, 15) is 18.0 Å². The fourth-order valence-corrected chi connectivity index (χ4v) is 2.82. The van der Waals surface area contributed by atoms with E-state index < -0.39 is 17.6 Å². The molecule has 1 unspecified atom stereocenters. The van der Waals surface area contributed by atoms with Crippen LogP contribution in [-0.4, -0.2) is 33.7 Å². The number of benzene rings is 1. The predicted octanol–water partition coefficient (Wildman–Crippen LogP) is 2.86. The summed E-state index contributed by atoms with van der Waals surface area (Å²) in [4.78, 5) is 13.9. The lowest BCUT2D eigenvalue weighted by atomic mass is 10.1. The maximum Gasteiger partial charge on any atom is 0.417 e. The molecule has 8 heteroatoms. The van der Waals surface area contributed by atoms with Crippen LogP contribution in [0.3, 0.4) is 0 Å². The summed E-state index contributed by atoms with van der Waals surface area (Å²) in [5.74, 6) is -0.641. The molecule has 1 atom stereocenters. The van der Waals surface area contributed by atoms with Gasteiger partial charge < -0.3 is 4.90 Å². The predicted molar refractivity (Wildman–Crippen MR) is 77.9 cm³/mol. The second kappa shape index (κ2) is 6.00. The van der Waals surface area contributed by atoms with Gasteiger partial charge in [0.15, 0.2) is 0 Å². The fourth-order valence-electron chi connectivity index (χ4n) is 2.82. The average Bonchev–Trinajstić information content (AvgIpc) is 3.22. The third-order valence-electron chi connectivity index (χ3n) is 4.02. The van der Waals surface area contributed by atoms with Gasteiger partial charge >= 0.3 is 6.18 Å². The molecule has 0 spiro atoms. The normalized spacial score (nSPS) is 17.8. The van der Waals surface area contributed by atoms with Crippen molar-refractivity contribution >= 4 is 5.91 Å². The first-order chi connectivity index (χ1) is 11.4. The van der Waals surface area contributed by atoms with Gasteiger partial charge in [-0.15, -0.1) is 0 Å². The molecule has 1 amide bonds. The molecule has 0 N–H and O–H groups in total. The van der Waals surface area contributed by atoms with Crippen molar-refractivity contribution in [1.29, 1.82) is 5.26 Å². The van der Waals surface area contributed by atoms with Crippen molar-refractivity contribution in [2.24, 2.45) is 0 Å². The number of hydrogen-bond donors (Lipinski definition) is 0. The molecule has 0 aliphatic carbocycles. The van der Waals surface area contributed by atoms with E-state index in [1.807, 2.05) is 6.07 Å². The highest BCUT2D eigenvalue weighted by atomic mass is 19.4. The number of nitriles is 1. The highest BCUT2D eigenvalue weighted by molar-refractivity contribution is 5.96. The molecule has 1 saturated heterocycles. The van der Waals surface area contributed by atoms with Gasteiger partial charge in [-0.05, 0) is 18.6 Å². The Hall–Kier alpha value is -2.82. The zero-order valence-electron chi connectivity index (χ0n) is 12.5. The van der Waals surface area contributed by atoms with Crippen LogP contribution >= 0.6 is 0 Å². The van der Waals surface area contributed by atoms with E-state index in [2.05, 4.69) is 5.10 Å². The Bertz CT molecular complexity index is 806. The summed E-state index contributed by atoms with van der Waals surface area (Å²) >= 11 is 0. The summed E-state index contributed by atoms with van der Waals surface area (Å²) in [7, 11) is 0. The van der Waals surface area contributed by atoms with Crippen molar-refractivity contribution in [3.8, 4) is 6.07 Å². The molecule has 24 heavy (non-hydrogen) atoms. The number of aromatic nitrogens is 2. The first kappa shape index (κ1) is 16.1. The minimum Gasteiger partial charge on any atom is -0.336 e. The second-order valence-electron chi connectivity index (χ2n) is 5.56. The van der Waals surface area contributed by atoms with Gasteiger partial charge in [-0.25, -0.2) is 0 Å². The molecular weight excluding hydrogens is 321 g/mol. The Morgan fingerprint density at radius 2 is 2.08 bits per heavy atom. The molecule has 1 aliphatic heterocycles. The van der Waals surface area contributed by atoms with E-state index in [1.165, 1.54) is 29.3 Å². The first-order valence-electron chi connectivity index (χ1n) is 7.30. The van der Waals surface area contributed by atoms with Crippen molar-refractivity contribution < 1.29 is 18.0 Å². The number of carbonyl (C=O) groups excluding carboxylic acids is 1. The highest BCUT2D eigenvalue weighted by Crippen LogP contribution is 2.33. The monoisotopic (exact) mass is 334 g/mol. The molecule has 0 bridgehead atoms. The highest BCUT2D eigenvalue weighted by Gasteiger charge is 2.37. The van der Waals surface area contributed by atoms with Crippen molar-refractivity contribution in [3.63, 3.8) is 0 Å². The van der Waals surface area contributed by atoms with E-state index in [1.54, 1.807) is 10.9 Å². The number of alkyl halides is 3. The van der Waals surface area contributed by atoms with Crippen LogP contribution < -0.4 is 0 Å². The molecule has 1 fully saturated rings. The smallest absolute Gasteiger partial charge is 0.336 e. The van der Waals surface area contributed by atoms with Crippen LogP contribution in [0.2, 0.25) is 0 Å². The summed E-state index contributed by atoms with van der Waals surface area (Å²) in [6.45, 7) is 0.606. The first-order valence-corrected chi connectivity index (χ1v) is 7.30. The second-order valence-corrected chi connectivity index (χ2v) is 5.56. The molecule has 1 aliphatic rings. The number of hydrogen-bond acceptors (Lipinski definition) is 3. The number of nitrogens with zero attached hydrogens (tertiary/aromatic N) is 4. The van der Waals surface area contributed by atoms with Gasteiger partial charge in [0.25, 0.3) is 5.91 Å². The number of likely N-dealkylation sites (tertiary alicyclic amines) is 1. The average molecular weight is 334 g/mol. The standard InChI is InChI=1S/C16H13F3N4O/c17-16(18,19)14-4-2-1-3-13(14)15(24)22-6-5-12(10-22)23-9-11(7-20)8-21-23/h1-4,8-9,12H,5-6,10H2. The van der Waals surface area contributed by atoms with Crippen molar-refractivity contribution in [2.45, 2.75) is 18.6 Å². The third kappa shape index (κ3) is 2.97. The van der Waals surface area contributed by atoms with E-state index in [4.69, 9.17) is 5.26 Å². The van der Waals surface area contributed by atoms with Crippen LogP contribution in [0, 0.1) is 11.3 Å². The molecule has 3 rings (SSSR count). The zero-order chi connectivity index (χ0) is 17.3. The fraction of sp³-hybridized carbons (Fsp3) is 0.312. The maximum atomic E-state index is 13.1. The molecule has 124 valence electrons. The van der Waals surface area contributed by atoms with Crippen molar-refractivity contribution in [1.82, 2.24) is 14.7 Å². The summed E-state index contributed by atoms with van der Waals surface area (Å²) < 4.78 is 40.8. The van der Waals surface area contributed by atoms with Gasteiger partial charge in [-0.2, -0.15) is 23.5 Å². The van der Waals surface area contributed by atoms with Gasteiger partial charge in [0.05, 0.1) is 28.9 Å². The number of amides is 1. The molecule has 0 saturated carbocycles. The van der Waals surface area contributed by atoms with Crippen LogP contribution in [0.5, 0.6) is 0 Å². The van der Waals surface area contributed by atoms with Crippen LogP contribution in [0.4, 0.5) is 13.2 Å². The summed E-state index contributed by atoms with van der Waals surface area (Å²) in [6, 6.07) is 6.61. The van der Waals surface area contributed by atoms with Crippen molar-refractivity contribution in [3.05, 3.63) is 53.3 Å². The number of halogens is 3. The maximum absolute atomic E-state index is 13.1. The van der Waals surface area contributed by atoms with E-state index in [0.29, 0.717) is 18.5 Å². The van der Waals surface area contributed by atoms with Gasteiger partial charge in [-0.1, -0.05) is 12.1 Å². The molecule has 1 aromatic heterocycles. The van der Waals surface area contributed by atoms with E-state index in [-0.39, 0.29) is 18.2 Å². The Morgan fingerprint density at radius 1 is 1.33 bits per heavy atom. The molecule has 2 aromatic rings. The zero-order valence-corrected chi connectivity index (χ0v) is 12.5. The third-order valence-corrected chi connectivity index (χ3v) is 4.02. The molecule has 2 heterocycles. The van der Waals surface area contributed by atoms with Crippen LogP contribution in [0.25, 0.3) is 0 Å². The van der Waals surface area contributed by atoms with E-state index >= 15 is 0 Å². The number of rotatable bonds is 2. The summed E-state index contributed by atoms with van der Waals surface area (Å²) in [5, 5.41) is 12.9. The molecular formula is C16H13F3N4O. The topological polar surface area (TPSA) is 61.9 Å². The largest absolute Gasteiger partial charge is 0.417 e. The van der Waals surface area contributed by atoms with Gasteiger partial charge in [0.2, 0.25) is 0 Å². The molecule has 5 nitrogen and oxygen atoms in total. The minimum atomic E-state index is -4.57. The van der Waals surface area contributed by atoms with Gasteiger partial charge in [0, 0.05) is 19.3 Å². The van der Waals surface area contributed by atoms with Crippen molar-refractivity contribution in [2.75, 3.05) is 13.1 Å². The van der Waals surface area contributed by atoms with E-state index in [0.717, 1.165) is 6.07 Å². The Kier molecular flexibility index (Phi) is 4.01. The Morgan fingerprint density at radius 3 is 2.75 bits per heavy atom. The summed E-state index contributed by atoms with van der Waals surface area (Å²) in [5.41, 5.74) is -0.865. The lowest BCUT2D eigenvalue weighted by Gasteiger charge is -2.19. The SMILES string of the molecule is N#Cc1cnn(C2CCN(C(=O)c3ccccc3C(F)(F)F)C2)c1. The quantitative estimate of drug-likeness (QED) is 0.848. The molecule has 1 aromatic carbocycles. The number of carbonyl (C=O) groups is 1. The van der Waals surface area contributed by atoms with Crippen LogP contribution in [0.1, 0.15) is 33.9 Å². The Labute approximate surface area is 135 Å². The van der Waals surface area contributed by atoms with Gasteiger partial charge in [0.1, 0.15) is 6.07 Å². The minimum absolute atomic E-state index is 0.144. The lowest BCUT2D eigenvalue weighted by Crippen LogP contribution is -2.31. The Balaban J connectivity index is 1.79. The van der Waals surface area contributed by atoms with Crippen LogP contribution in [0.15, 0.2) is 36.7 Å². The molecule has 0 radical (unpaired) electrons. The van der Waals surface area contributed by atoms with Gasteiger partial charge in [-0.3, -0.25) is 9.48 Å².